The topological polar surface area (TPSA) is 77.5 Å². The highest BCUT2D eigenvalue weighted by Crippen LogP contribution is 2.34. The second-order valence-corrected chi connectivity index (χ2v) is 7.08. The summed E-state index contributed by atoms with van der Waals surface area (Å²) < 4.78 is 24.9. The molecule has 0 unspecified atom stereocenters. The van der Waals surface area contributed by atoms with E-state index in [0.717, 1.165) is 11.3 Å². The van der Waals surface area contributed by atoms with Crippen LogP contribution in [0.5, 0.6) is 0 Å². The number of hydrogen-bond acceptors (Lipinski definition) is 7. The van der Waals surface area contributed by atoms with Crippen molar-refractivity contribution in [2.24, 2.45) is 0 Å². The molecule has 6 nitrogen and oxygen atoms in total. The molecule has 0 atom stereocenters. The number of hydrogen-bond donors (Lipinski definition) is 1. The van der Waals surface area contributed by atoms with E-state index in [2.05, 4.69) is 10.3 Å². The molecule has 0 aliphatic heterocycles. The lowest BCUT2D eigenvalue weighted by molar-refractivity contribution is 0.0520. The van der Waals surface area contributed by atoms with E-state index >= 15 is 0 Å². The predicted molar refractivity (Wildman–Crippen MR) is 98.5 cm³/mol. The van der Waals surface area contributed by atoms with Crippen LogP contribution in [0.1, 0.15) is 32.6 Å². The number of aromatic nitrogens is 1. The molecule has 3 aromatic rings. The number of ether oxygens (including phenoxy) is 2. The number of methoxy groups -OCH3 is 1. The molecule has 136 valence electrons. The quantitative estimate of drug-likeness (QED) is 0.638. The molecule has 0 fully saturated rings. The Morgan fingerprint density at radius 3 is 2.88 bits per heavy atom. The van der Waals surface area contributed by atoms with Crippen LogP contribution in [0.2, 0.25) is 0 Å². The molecule has 1 N–H and O–H groups in total. The van der Waals surface area contributed by atoms with E-state index in [1.54, 1.807) is 19.1 Å². The summed E-state index contributed by atoms with van der Waals surface area (Å²) in [7, 11) is 1.48. The number of rotatable bonds is 6. The van der Waals surface area contributed by atoms with Crippen LogP contribution in [-0.2, 0) is 16.1 Å². The van der Waals surface area contributed by atoms with Gasteiger partial charge in [0.15, 0.2) is 10.8 Å². The zero-order valence-corrected chi connectivity index (χ0v) is 15.6. The van der Waals surface area contributed by atoms with Crippen LogP contribution in [0.4, 0.5) is 9.52 Å². The molecule has 2 aromatic heterocycles. The van der Waals surface area contributed by atoms with Crippen LogP contribution in [0.25, 0.3) is 10.1 Å². The predicted octanol–water partition coefficient (Wildman–Crippen LogP) is 4.07. The third-order valence-electron chi connectivity index (χ3n) is 3.47. The van der Waals surface area contributed by atoms with E-state index in [4.69, 9.17) is 9.47 Å². The third kappa shape index (κ3) is 3.59. The molecule has 2 heterocycles. The van der Waals surface area contributed by atoms with Gasteiger partial charge in [0.1, 0.15) is 5.82 Å². The van der Waals surface area contributed by atoms with Crippen molar-refractivity contribution in [1.82, 2.24) is 4.98 Å². The number of carbonyl (C=O) groups is 2. The maximum atomic E-state index is 14.2. The first-order valence-corrected chi connectivity index (χ1v) is 9.37. The molecule has 0 bridgehead atoms. The van der Waals surface area contributed by atoms with Gasteiger partial charge in [0.25, 0.3) is 5.91 Å². The Morgan fingerprint density at radius 2 is 2.15 bits per heavy atom. The highest BCUT2D eigenvalue weighted by molar-refractivity contribution is 7.21. The number of nitrogens with zero attached hydrogens (tertiary/aromatic N) is 1. The van der Waals surface area contributed by atoms with Gasteiger partial charge in [-0.15, -0.1) is 22.7 Å². The minimum absolute atomic E-state index is 0.107. The Balaban J connectivity index is 1.89. The van der Waals surface area contributed by atoms with Gasteiger partial charge in [0.2, 0.25) is 0 Å². The summed E-state index contributed by atoms with van der Waals surface area (Å²) in [5.74, 6) is -1.38. The van der Waals surface area contributed by atoms with Gasteiger partial charge in [-0.25, -0.2) is 14.2 Å². The van der Waals surface area contributed by atoms with Crippen molar-refractivity contribution in [2.75, 3.05) is 19.0 Å². The van der Waals surface area contributed by atoms with Gasteiger partial charge >= 0.3 is 5.97 Å². The number of benzene rings is 1. The SMILES string of the molecule is CCOC(=O)c1csc(NC(=O)c2sc3cccc(F)c3c2COC)n1. The van der Waals surface area contributed by atoms with E-state index in [1.807, 2.05) is 0 Å². The molecule has 0 aliphatic rings. The van der Waals surface area contributed by atoms with Crippen molar-refractivity contribution in [3.05, 3.63) is 45.5 Å². The fourth-order valence-corrected chi connectivity index (χ4v) is 4.21. The van der Waals surface area contributed by atoms with E-state index in [-0.39, 0.29) is 24.0 Å². The van der Waals surface area contributed by atoms with E-state index in [1.165, 1.54) is 29.9 Å². The van der Waals surface area contributed by atoms with E-state index in [9.17, 15) is 14.0 Å². The first-order chi connectivity index (χ1) is 12.5. The van der Waals surface area contributed by atoms with Crippen LogP contribution in [-0.4, -0.2) is 30.6 Å². The lowest BCUT2D eigenvalue weighted by Crippen LogP contribution is -2.13. The van der Waals surface area contributed by atoms with Gasteiger partial charge in [-0.2, -0.15) is 0 Å². The highest BCUT2D eigenvalue weighted by atomic mass is 32.1. The summed E-state index contributed by atoms with van der Waals surface area (Å²) in [6, 6.07) is 4.70. The summed E-state index contributed by atoms with van der Waals surface area (Å²) in [6.45, 7) is 2.05. The normalized spacial score (nSPS) is 10.9. The third-order valence-corrected chi connectivity index (χ3v) is 5.42. The van der Waals surface area contributed by atoms with Crippen molar-refractivity contribution < 1.29 is 23.5 Å². The fraction of sp³-hybridized carbons (Fsp3) is 0.235. The molecule has 0 saturated carbocycles. The molecular weight excluding hydrogens is 379 g/mol. The number of thiazole rings is 1. The minimum Gasteiger partial charge on any atom is -0.461 e. The molecule has 0 aliphatic carbocycles. The average molecular weight is 394 g/mol. The van der Waals surface area contributed by atoms with Gasteiger partial charge in [0.05, 0.1) is 18.1 Å². The molecular formula is C17H15FN2O4S2. The monoisotopic (exact) mass is 394 g/mol. The summed E-state index contributed by atoms with van der Waals surface area (Å²) >= 11 is 2.29. The Bertz CT molecular complexity index is 967. The lowest BCUT2D eigenvalue weighted by Gasteiger charge is -2.04. The summed E-state index contributed by atoms with van der Waals surface area (Å²) in [5, 5.41) is 4.80. The zero-order chi connectivity index (χ0) is 18.7. The molecule has 9 heteroatoms. The number of esters is 1. The second kappa shape index (κ2) is 7.90. The zero-order valence-electron chi connectivity index (χ0n) is 14.0. The summed E-state index contributed by atoms with van der Waals surface area (Å²) in [6.07, 6.45) is 0. The van der Waals surface area contributed by atoms with Gasteiger partial charge in [-0.3, -0.25) is 10.1 Å². The van der Waals surface area contributed by atoms with Crippen LogP contribution in [0.3, 0.4) is 0 Å². The largest absolute Gasteiger partial charge is 0.461 e. The van der Waals surface area contributed by atoms with Crippen molar-refractivity contribution >= 4 is 49.8 Å². The van der Waals surface area contributed by atoms with Crippen LogP contribution in [0, 0.1) is 5.82 Å². The number of fused-ring (bicyclic) bond motifs is 1. The number of thiophene rings is 1. The lowest BCUT2D eigenvalue weighted by atomic mass is 10.1. The Hall–Kier alpha value is -2.36. The molecule has 1 amide bonds. The molecule has 3 rings (SSSR count). The van der Waals surface area contributed by atoms with E-state index < -0.39 is 17.7 Å². The van der Waals surface area contributed by atoms with Gasteiger partial charge < -0.3 is 9.47 Å². The Morgan fingerprint density at radius 1 is 1.35 bits per heavy atom. The maximum absolute atomic E-state index is 14.2. The van der Waals surface area contributed by atoms with Crippen molar-refractivity contribution in [2.45, 2.75) is 13.5 Å². The second-order valence-electron chi connectivity index (χ2n) is 5.17. The summed E-state index contributed by atoms with van der Waals surface area (Å²) in [5.41, 5.74) is 0.622. The van der Waals surface area contributed by atoms with Gasteiger partial charge in [-0.1, -0.05) is 6.07 Å². The molecule has 1 aromatic carbocycles. The number of carbonyl (C=O) groups excluding carboxylic acids is 2. The first-order valence-electron chi connectivity index (χ1n) is 7.68. The smallest absolute Gasteiger partial charge is 0.357 e. The van der Waals surface area contributed by atoms with Crippen LogP contribution < -0.4 is 5.32 Å². The van der Waals surface area contributed by atoms with E-state index in [0.29, 0.717) is 20.5 Å². The number of amides is 1. The van der Waals surface area contributed by atoms with Gasteiger partial charge in [0, 0.05) is 28.1 Å². The van der Waals surface area contributed by atoms with Crippen LogP contribution >= 0.6 is 22.7 Å². The number of nitrogens with one attached hydrogen (secondary N) is 1. The van der Waals surface area contributed by atoms with Crippen molar-refractivity contribution in [3.63, 3.8) is 0 Å². The first kappa shape index (κ1) is 18.4. The minimum atomic E-state index is -0.548. The molecule has 0 spiro atoms. The number of anilines is 1. The fourth-order valence-electron chi connectivity index (χ4n) is 2.42. The van der Waals surface area contributed by atoms with Crippen LogP contribution in [0.15, 0.2) is 23.6 Å². The average Bonchev–Trinajstić information content (AvgIpc) is 3.21. The maximum Gasteiger partial charge on any atom is 0.357 e. The molecule has 0 saturated heterocycles. The number of halogens is 1. The Labute approximate surface area is 156 Å². The molecule has 26 heavy (non-hydrogen) atoms. The summed E-state index contributed by atoms with van der Waals surface area (Å²) in [4.78, 5) is 28.7. The van der Waals surface area contributed by atoms with Crippen molar-refractivity contribution in [1.29, 1.82) is 0 Å². The molecule has 0 radical (unpaired) electrons. The standard InChI is InChI=1S/C17H15FN2O4S2/c1-3-24-16(22)11-8-25-17(19-11)20-15(21)14-9(7-23-2)13-10(18)5-4-6-12(13)26-14/h4-6,8H,3,7H2,1-2H3,(H,19,20,21). The highest BCUT2D eigenvalue weighted by Gasteiger charge is 2.22. The Kier molecular flexibility index (Phi) is 5.60. The van der Waals surface area contributed by atoms with Gasteiger partial charge in [-0.05, 0) is 19.1 Å². The van der Waals surface area contributed by atoms with Crippen molar-refractivity contribution in [3.8, 4) is 0 Å².